The van der Waals surface area contributed by atoms with Gasteiger partial charge in [-0.1, -0.05) is 24.0 Å². The summed E-state index contributed by atoms with van der Waals surface area (Å²) >= 11 is 6.29. The number of hydrogen-bond donors (Lipinski definition) is 0. The first-order valence-electron chi connectivity index (χ1n) is 5.17. The minimum Gasteiger partial charge on any atom is -0.273 e. The lowest BCUT2D eigenvalue weighted by atomic mass is 10.1. The number of nitro groups is 1. The topological polar surface area (TPSA) is 63.5 Å². The molecule has 0 saturated carbocycles. The number of rotatable bonds is 2. The molecule has 1 saturated heterocycles. The predicted molar refractivity (Wildman–Crippen MR) is 75.1 cm³/mol. The van der Waals surface area contributed by atoms with E-state index in [1.54, 1.807) is 13.0 Å². The smallest absolute Gasteiger partial charge is 0.273 e. The van der Waals surface area contributed by atoms with Gasteiger partial charge in [-0.25, -0.2) is 0 Å². The second kappa shape index (κ2) is 4.66. The van der Waals surface area contributed by atoms with Crippen LogP contribution in [0, 0.1) is 24.0 Å². The molecule has 1 heterocycles. The van der Waals surface area contributed by atoms with E-state index >= 15 is 0 Å². The average molecular weight is 282 g/mol. The van der Waals surface area contributed by atoms with E-state index in [2.05, 4.69) is 0 Å². The Morgan fingerprint density at radius 1 is 1.39 bits per heavy atom. The summed E-state index contributed by atoms with van der Waals surface area (Å²) in [7, 11) is 0. The van der Waals surface area contributed by atoms with Crippen molar-refractivity contribution in [2.24, 2.45) is 0 Å². The number of amides is 1. The maximum atomic E-state index is 11.8. The molecule has 0 radical (unpaired) electrons. The van der Waals surface area contributed by atoms with Crippen molar-refractivity contribution in [3.05, 3.63) is 33.4 Å². The number of aryl methyl sites for hydroxylation is 2. The van der Waals surface area contributed by atoms with Gasteiger partial charge in [0.15, 0.2) is 0 Å². The zero-order valence-electron chi connectivity index (χ0n) is 9.80. The molecule has 5 nitrogen and oxygen atoms in total. The Balaban J connectivity index is 2.62. The number of hydrogen-bond acceptors (Lipinski definition) is 5. The SMILES string of the molecule is Cc1cc(N2C(=O)CSC2=S)c([N+](=O)[O-])cc1C. The molecule has 1 aliphatic heterocycles. The quantitative estimate of drug-likeness (QED) is 0.474. The Morgan fingerprint density at radius 3 is 2.50 bits per heavy atom. The van der Waals surface area contributed by atoms with Crippen LogP contribution in [0.4, 0.5) is 11.4 Å². The lowest BCUT2D eigenvalue weighted by molar-refractivity contribution is -0.384. The standard InChI is InChI=1S/C11H10N2O3S2/c1-6-3-8(9(13(15)16)4-7(6)2)12-10(14)5-18-11(12)17/h3-4H,5H2,1-2H3. The van der Waals surface area contributed by atoms with E-state index in [0.717, 1.165) is 11.1 Å². The third-order valence-corrected chi connectivity index (χ3v) is 4.14. The highest BCUT2D eigenvalue weighted by atomic mass is 32.2. The number of anilines is 1. The second-order valence-corrected chi connectivity index (χ2v) is 5.58. The highest BCUT2D eigenvalue weighted by molar-refractivity contribution is 8.24. The van der Waals surface area contributed by atoms with E-state index < -0.39 is 4.92 Å². The average Bonchev–Trinajstić information content (AvgIpc) is 2.62. The summed E-state index contributed by atoms with van der Waals surface area (Å²) in [4.78, 5) is 23.6. The third kappa shape index (κ3) is 2.11. The number of nitro benzene ring substituents is 1. The van der Waals surface area contributed by atoms with Gasteiger partial charge in [0, 0.05) is 6.07 Å². The molecule has 1 aromatic carbocycles. The number of thiocarbonyl (C=S) groups is 1. The molecule has 0 bridgehead atoms. The summed E-state index contributed by atoms with van der Waals surface area (Å²) < 4.78 is 0.367. The highest BCUT2D eigenvalue weighted by Gasteiger charge is 2.33. The number of benzene rings is 1. The monoisotopic (exact) mass is 282 g/mol. The molecule has 7 heteroatoms. The zero-order chi connectivity index (χ0) is 13.4. The molecule has 2 rings (SSSR count). The van der Waals surface area contributed by atoms with Gasteiger partial charge >= 0.3 is 0 Å². The van der Waals surface area contributed by atoms with Crippen LogP contribution in [-0.4, -0.2) is 20.9 Å². The van der Waals surface area contributed by atoms with Crippen molar-refractivity contribution in [2.45, 2.75) is 13.8 Å². The van der Waals surface area contributed by atoms with Gasteiger partial charge in [0.2, 0.25) is 5.91 Å². The molecular formula is C11H10N2O3S2. The summed E-state index contributed by atoms with van der Waals surface area (Å²) in [6.45, 7) is 3.64. The maximum absolute atomic E-state index is 11.8. The second-order valence-electron chi connectivity index (χ2n) is 3.97. The van der Waals surface area contributed by atoms with Gasteiger partial charge in [-0.05, 0) is 31.0 Å². The molecule has 0 unspecified atom stereocenters. The van der Waals surface area contributed by atoms with Crippen molar-refractivity contribution in [1.29, 1.82) is 0 Å². The normalized spacial score (nSPS) is 15.3. The lowest BCUT2D eigenvalue weighted by Gasteiger charge is -2.16. The van der Waals surface area contributed by atoms with Crippen molar-refractivity contribution in [1.82, 2.24) is 0 Å². The molecule has 0 aromatic heterocycles. The predicted octanol–water partition coefficient (Wildman–Crippen LogP) is 2.58. The van der Waals surface area contributed by atoms with Crippen LogP contribution in [0.1, 0.15) is 11.1 Å². The van der Waals surface area contributed by atoms with Crippen LogP contribution in [-0.2, 0) is 4.79 Å². The first-order valence-corrected chi connectivity index (χ1v) is 6.56. The molecule has 1 aromatic rings. The molecule has 0 atom stereocenters. The third-order valence-electron chi connectivity index (χ3n) is 2.78. The van der Waals surface area contributed by atoms with Crippen molar-refractivity contribution < 1.29 is 9.72 Å². The summed E-state index contributed by atoms with van der Waals surface area (Å²) in [5.41, 5.74) is 1.89. The van der Waals surface area contributed by atoms with E-state index in [4.69, 9.17) is 12.2 Å². The lowest BCUT2D eigenvalue weighted by Crippen LogP contribution is -2.28. The minimum atomic E-state index is -0.485. The van der Waals surface area contributed by atoms with Crippen molar-refractivity contribution in [2.75, 3.05) is 10.7 Å². The van der Waals surface area contributed by atoms with Crippen LogP contribution in [0.2, 0.25) is 0 Å². The van der Waals surface area contributed by atoms with Gasteiger partial charge in [-0.2, -0.15) is 0 Å². The first-order chi connectivity index (χ1) is 8.41. The van der Waals surface area contributed by atoms with Crippen molar-refractivity contribution in [3.63, 3.8) is 0 Å². The van der Waals surface area contributed by atoms with Gasteiger partial charge in [-0.15, -0.1) is 0 Å². The van der Waals surface area contributed by atoms with Gasteiger partial charge in [0.25, 0.3) is 5.69 Å². The van der Waals surface area contributed by atoms with Crippen LogP contribution in [0.3, 0.4) is 0 Å². The highest BCUT2D eigenvalue weighted by Crippen LogP contribution is 2.35. The Kier molecular flexibility index (Phi) is 3.36. The number of carbonyl (C=O) groups excluding carboxylic acids is 1. The molecule has 0 aliphatic carbocycles. The molecular weight excluding hydrogens is 272 g/mol. The molecule has 0 N–H and O–H groups in total. The Morgan fingerprint density at radius 2 is 2.00 bits per heavy atom. The Bertz CT molecular complexity index is 556. The molecule has 94 valence electrons. The maximum Gasteiger partial charge on any atom is 0.293 e. The zero-order valence-corrected chi connectivity index (χ0v) is 11.4. The van der Waals surface area contributed by atoms with Crippen molar-refractivity contribution in [3.8, 4) is 0 Å². The first kappa shape index (κ1) is 13.0. The number of thioether (sulfide) groups is 1. The van der Waals surface area contributed by atoms with Gasteiger partial charge in [-0.3, -0.25) is 19.8 Å². The van der Waals surface area contributed by atoms with E-state index in [-0.39, 0.29) is 23.0 Å². The van der Waals surface area contributed by atoms with Gasteiger partial charge in [0.05, 0.1) is 10.7 Å². The van der Waals surface area contributed by atoms with Gasteiger partial charge in [0.1, 0.15) is 10.0 Å². The van der Waals surface area contributed by atoms with Crippen LogP contribution >= 0.6 is 24.0 Å². The fourth-order valence-electron chi connectivity index (χ4n) is 1.70. The van der Waals surface area contributed by atoms with E-state index in [1.165, 1.54) is 22.7 Å². The van der Waals surface area contributed by atoms with Crippen LogP contribution in [0.5, 0.6) is 0 Å². The van der Waals surface area contributed by atoms with Crippen molar-refractivity contribution >= 4 is 45.6 Å². The number of nitrogens with zero attached hydrogens (tertiary/aromatic N) is 2. The van der Waals surface area contributed by atoms with Crippen LogP contribution < -0.4 is 4.90 Å². The van der Waals surface area contributed by atoms with E-state index in [1.807, 2.05) is 6.92 Å². The molecule has 0 spiro atoms. The fourth-order valence-corrected chi connectivity index (χ4v) is 2.78. The van der Waals surface area contributed by atoms with Gasteiger partial charge < -0.3 is 0 Å². The Labute approximate surface area is 113 Å². The fraction of sp³-hybridized carbons (Fsp3) is 0.273. The molecule has 1 fully saturated rings. The summed E-state index contributed by atoms with van der Waals surface area (Å²) in [6, 6.07) is 3.12. The minimum absolute atomic E-state index is 0.0868. The largest absolute Gasteiger partial charge is 0.293 e. The molecule has 18 heavy (non-hydrogen) atoms. The summed E-state index contributed by atoms with van der Waals surface area (Å²) in [5.74, 6) is 0.0273. The van der Waals surface area contributed by atoms with E-state index in [0.29, 0.717) is 4.32 Å². The molecule has 1 amide bonds. The number of carbonyl (C=O) groups is 1. The van der Waals surface area contributed by atoms with Crippen LogP contribution in [0.15, 0.2) is 12.1 Å². The van der Waals surface area contributed by atoms with E-state index in [9.17, 15) is 14.9 Å². The summed E-state index contributed by atoms with van der Waals surface area (Å²) in [6.07, 6.45) is 0. The van der Waals surface area contributed by atoms with Crippen LogP contribution in [0.25, 0.3) is 0 Å². The Hall–Kier alpha value is -1.47. The molecule has 1 aliphatic rings. The summed E-state index contributed by atoms with van der Waals surface area (Å²) in [5, 5.41) is 11.1.